The zero-order chi connectivity index (χ0) is 14.9. The summed E-state index contributed by atoms with van der Waals surface area (Å²) in [6.07, 6.45) is 1.23. The minimum atomic E-state index is -0.678. The number of thioether (sulfide) groups is 1. The number of ketones is 1. The van der Waals surface area contributed by atoms with Crippen LogP contribution in [0.4, 0.5) is 0 Å². The average Bonchev–Trinajstić information content (AvgIpc) is 2.69. The minimum Gasteiger partial charge on any atom is -0.393 e. The number of rotatable bonds is 6. The molecular weight excluding hydrogens is 278 g/mol. The fraction of sp³-hybridized carbons (Fsp3) is 0.615. The number of Topliss-reactive ketones (excluding diaryl/α,β-unsaturated/α-hetero) is 1. The van der Waals surface area contributed by atoms with Gasteiger partial charge < -0.3 is 15.7 Å². The topological polar surface area (TPSA) is 96.0 Å². The maximum absolute atomic E-state index is 12.1. The summed E-state index contributed by atoms with van der Waals surface area (Å²) in [7, 11) is 0. The maximum atomic E-state index is 12.1. The van der Waals surface area contributed by atoms with Crippen LogP contribution in [0.15, 0.2) is 15.6 Å². The lowest BCUT2D eigenvalue weighted by atomic mass is 9.83. The molecule has 0 spiro atoms. The zero-order valence-corrected chi connectivity index (χ0v) is 12.4. The van der Waals surface area contributed by atoms with Crippen molar-refractivity contribution in [3.8, 4) is 0 Å². The first kappa shape index (κ1) is 15.1. The van der Waals surface area contributed by atoms with Gasteiger partial charge in [-0.3, -0.25) is 14.6 Å². The molecule has 2 aliphatic heterocycles. The van der Waals surface area contributed by atoms with Crippen molar-refractivity contribution in [1.29, 1.82) is 0 Å². The number of hydrogen-bond donors (Lipinski definition) is 2. The van der Waals surface area contributed by atoms with E-state index >= 15 is 0 Å². The molecular formula is C13H19N3O3S. The lowest BCUT2D eigenvalue weighted by molar-refractivity contribution is -0.158. The lowest BCUT2D eigenvalue weighted by Gasteiger charge is -2.44. The van der Waals surface area contributed by atoms with Crippen LogP contribution in [0.5, 0.6) is 0 Å². The van der Waals surface area contributed by atoms with E-state index in [-0.39, 0.29) is 23.7 Å². The van der Waals surface area contributed by atoms with E-state index in [1.54, 1.807) is 11.8 Å². The Hall–Kier alpha value is -1.34. The predicted molar refractivity (Wildman–Crippen MR) is 78.1 cm³/mol. The summed E-state index contributed by atoms with van der Waals surface area (Å²) in [5.74, 6) is 0.0819. The highest BCUT2D eigenvalue weighted by Crippen LogP contribution is 2.47. The van der Waals surface area contributed by atoms with Gasteiger partial charge in [0.1, 0.15) is 0 Å². The Morgan fingerprint density at radius 3 is 2.95 bits per heavy atom. The molecule has 1 saturated heterocycles. The fourth-order valence-corrected chi connectivity index (χ4v) is 3.91. The average molecular weight is 297 g/mol. The molecule has 0 aromatic rings. The van der Waals surface area contributed by atoms with Crippen LogP contribution in [0.1, 0.15) is 20.3 Å². The second-order valence-electron chi connectivity index (χ2n) is 4.98. The Bertz CT molecular complexity index is 487. The van der Waals surface area contributed by atoms with Gasteiger partial charge in [-0.15, -0.1) is 11.8 Å². The molecule has 1 fully saturated rings. The largest absolute Gasteiger partial charge is 0.393 e. The van der Waals surface area contributed by atoms with Crippen LogP contribution in [-0.2, 0) is 9.59 Å². The summed E-state index contributed by atoms with van der Waals surface area (Å²) in [6.45, 7) is 3.67. The van der Waals surface area contributed by atoms with E-state index in [0.29, 0.717) is 24.4 Å². The molecule has 0 aromatic heterocycles. The van der Waals surface area contributed by atoms with Crippen LogP contribution in [0.3, 0.4) is 0 Å². The molecule has 20 heavy (non-hydrogen) atoms. The van der Waals surface area contributed by atoms with Crippen LogP contribution in [0, 0.1) is 5.92 Å². The third-order valence-electron chi connectivity index (χ3n) is 3.62. The molecule has 0 bridgehead atoms. The first-order valence-electron chi connectivity index (χ1n) is 6.57. The molecule has 0 saturated carbocycles. The lowest BCUT2D eigenvalue weighted by Crippen LogP contribution is -2.61. The van der Waals surface area contributed by atoms with Gasteiger partial charge in [-0.2, -0.15) is 0 Å². The molecule has 3 atom stereocenters. The van der Waals surface area contributed by atoms with E-state index < -0.39 is 6.10 Å². The van der Waals surface area contributed by atoms with Crippen molar-refractivity contribution in [3.05, 3.63) is 10.6 Å². The van der Waals surface area contributed by atoms with Gasteiger partial charge in [0.15, 0.2) is 5.78 Å². The Balaban J connectivity index is 2.11. The normalized spacial score (nSPS) is 26.9. The van der Waals surface area contributed by atoms with Crippen molar-refractivity contribution in [2.24, 2.45) is 16.6 Å². The second kappa shape index (κ2) is 5.97. The summed E-state index contributed by atoms with van der Waals surface area (Å²) >= 11 is 1.54. The van der Waals surface area contributed by atoms with E-state index in [0.717, 1.165) is 4.91 Å². The Morgan fingerprint density at radius 2 is 2.40 bits per heavy atom. The van der Waals surface area contributed by atoms with Crippen molar-refractivity contribution >= 4 is 29.8 Å². The Labute approximate surface area is 122 Å². The SMILES string of the molecule is CC(=O)C1=C(SCCN=CN)CC2[C@@H](C(C)O)C(=O)N12. The quantitative estimate of drug-likeness (QED) is 0.314. The fourth-order valence-electron chi connectivity index (χ4n) is 2.80. The highest BCUT2D eigenvalue weighted by Gasteiger charge is 2.55. The maximum Gasteiger partial charge on any atom is 0.235 e. The zero-order valence-electron chi connectivity index (χ0n) is 11.6. The number of nitrogens with zero attached hydrogens (tertiary/aromatic N) is 2. The van der Waals surface area contributed by atoms with Gasteiger partial charge >= 0.3 is 0 Å². The van der Waals surface area contributed by atoms with Crippen LogP contribution in [0.2, 0.25) is 0 Å². The van der Waals surface area contributed by atoms with Crippen molar-refractivity contribution in [3.63, 3.8) is 0 Å². The van der Waals surface area contributed by atoms with Gasteiger partial charge in [0.2, 0.25) is 5.91 Å². The third-order valence-corrected chi connectivity index (χ3v) is 4.72. The molecule has 3 N–H and O–H groups in total. The number of carbonyl (C=O) groups excluding carboxylic acids is 2. The molecule has 0 aromatic carbocycles. The molecule has 2 aliphatic rings. The van der Waals surface area contributed by atoms with Crippen molar-refractivity contribution < 1.29 is 14.7 Å². The minimum absolute atomic E-state index is 0.0677. The van der Waals surface area contributed by atoms with Gasteiger partial charge in [-0.05, 0) is 6.92 Å². The number of nitrogens with two attached hydrogens (primary N) is 1. The van der Waals surface area contributed by atoms with E-state index in [1.165, 1.54) is 25.0 Å². The molecule has 2 rings (SSSR count). The number of aliphatic hydroxyl groups excluding tert-OH is 1. The Kier molecular flexibility index (Phi) is 4.49. The summed E-state index contributed by atoms with van der Waals surface area (Å²) < 4.78 is 0. The summed E-state index contributed by atoms with van der Waals surface area (Å²) in [5.41, 5.74) is 5.67. The van der Waals surface area contributed by atoms with Crippen molar-refractivity contribution in [2.75, 3.05) is 12.3 Å². The summed E-state index contributed by atoms with van der Waals surface area (Å²) in [6, 6.07) is -0.0677. The number of amides is 1. The van der Waals surface area contributed by atoms with Crippen LogP contribution < -0.4 is 5.73 Å². The molecule has 110 valence electrons. The van der Waals surface area contributed by atoms with Crippen LogP contribution in [0.25, 0.3) is 0 Å². The molecule has 0 radical (unpaired) electrons. The standard InChI is InChI=1S/C13H19N3O3S/c1-7(17)11-9-5-10(20-4-3-15-6-14)12(8(2)18)16(9)13(11)19/h6-7,9,11,17H,3-5H2,1-2H3,(H2,14,15)/t7?,9?,11-/m1/s1. The van der Waals surface area contributed by atoms with E-state index in [9.17, 15) is 14.7 Å². The van der Waals surface area contributed by atoms with E-state index in [2.05, 4.69) is 4.99 Å². The number of aliphatic hydroxyl groups is 1. The number of hydrogen-bond acceptors (Lipinski definition) is 5. The molecule has 7 heteroatoms. The first-order valence-corrected chi connectivity index (χ1v) is 7.55. The number of carbonyl (C=O) groups is 2. The molecule has 6 nitrogen and oxygen atoms in total. The number of β-lactam (4-membered cyclic amide) rings is 1. The van der Waals surface area contributed by atoms with Crippen LogP contribution in [-0.4, -0.2) is 52.5 Å². The van der Waals surface area contributed by atoms with Gasteiger partial charge in [0, 0.05) is 24.0 Å². The van der Waals surface area contributed by atoms with E-state index in [4.69, 9.17) is 5.73 Å². The van der Waals surface area contributed by atoms with Crippen LogP contribution >= 0.6 is 11.8 Å². The van der Waals surface area contributed by atoms with Gasteiger partial charge in [0.05, 0.1) is 36.6 Å². The molecule has 1 amide bonds. The molecule has 2 heterocycles. The monoisotopic (exact) mass is 297 g/mol. The number of fused-ring (bicyclic) bond motifs is 1. The summed E-state index contributed by atoms with van der Waals surface area (Å²) in [4.78, 5) is 30.2. The smallest absolute Gasteiger partial charge is 0.235 e. The third kappa shape index (κ3) is 2.47. The highest BCUT2D eigenvalue weighted by atomic mass is 32.2. The number of allylic oxidation sites excluding steroid dienone is 1. The van der Waals surface area contributed by atoms with Gasteiger partial charge in [0.25, 0.3) is 0 Å². The first-order chi connectivity index (χ1) is 9.49. The van der Waals surface area contributed by atoms with Crippen molar-refractivity contribution in [2.45, 2.75) is 32.4 Å². The van der Waals surface area contributed by atoms with Gasteiger partial charge in [-0.1, -0.05) is 0 Å². The van der Waals surface area contributed by atoms with Crippen molar-refractivity contribution in [1.82, 2.24) is 4.90 Å². The highest BCUT2D eigenvalue weighted by molar-refractivity contribution is 8.03. The summed E-state index contributed by atoms with van der Waals surface area (Å²) in [5, 5.41) is 9.66. The Morgan fingerprint density at radius 1 is 1.70 bits per heavy atom. The molecule has 2 unspecified atom stereocenters. The molecule has 0 aliphatic carbocycles. The van der Waals surface area contributed by atoms with Gasteiger partial charge in [-0.25, -0.2) is 0 Å². The number of aliphatic imine (C=N–C) groups is 1. The van der Waals surface area contributed by atoms with E-state index in [1.807, 2.05) is 0 Å². The predicted octanol–water partition coefficient (Wildman–Crippen LogP) is 0.119. The second-order valence-corrected chi connectivity index (χ2v) is 6.17.